The fourth-order valence-electron chi connectivity index (χ4n) is 5.30. The van der Waals surface area contributed by atoms with Crippen molar-refractivity contribution in [2.24, 2.45) is 0 Å². The van der Waals surface area contributed by atoms with Gasteiger partial charge >= 0.3 is 0 Å². The number of H-pyrrole nitrogens is 1. The first-order valence-electron chi connectivity index (χ1n) is 12.9. The highest BCUT2D eigenvalue weighted by Gasteiger charge is 2.23. The Morgan fingerprint density at radius 2 is 1.78 bits per heavy atom. The number of amides is 1. The summed E-state index contributed by atoms with van der Waals surface area (Å²) in [4.78, 5) is 26.8. The molecule has 2 N–H and O–H groups in total. The molecule has 4 aromatic rings. The van der Waals surface area contributed by atoms with E-state index >= 15 is 0 Å². The van der Waals surface area contributed by atoms with Crippen molar-refractivity contribution in [3.63, 3.8) is 0 Å². The van der Waals surface area contributed by atoms with Crippen LogP contribution in [0.1, 0.15) is 37.2 Å². The first kappa shape index (κ1) is 23.4. The summed E-state index contributed by atoms with van der Waals surface area (Å²) in [6.45, 7) is 7.85. The van der Waals surface area contributed by atoms with Gasteiger partial charge < -0.3 is 19.9 Å². The highest BCUT2D eigenvalue weighted by molar-refractivity contribution is 6.11. The lowest BCUT2D eigenvalue weighted by atomic mass is 10.0. The van der Waals surface area contributed by atoms with Gasteiger partial charge in [-0.2, -0.15) is 5.10 Å². The normalized spacial score (nSPS) is 19.9. The number of nitrogens with zero attached hydrogens (tertiary/aromatic N) is 5. The first-order valence-corrected chi connectivity index (χ1v) is 12.9. The number of nitrogens with one attached hydrogen (secondary N) is 2. The third-order valence-corrected chi connectivity index (χ3v) is 7.06. The average Bonchev–Trinajstić information content (AvgIpc) is 3.59. The molecule has 2 atom stereocenters. The largest absolute Gasteiger partial charge is 0.372 e. The Bertz CT molecular complexity index is 1400. The topological polar surface area (TPSA) is 99.3 Å². The third-order valence-electron chi connectivity index (χ3n) is 7.06. The number of anilines is 3. The smallest absolute Gasteiger partial charge is 0.276 e. The van der Waals surface area contributed by atoms with Crippen LogP contribution in [0.4, 0.5) is 17.2 Å². The fourth-order valence-corrected chi connectivity index (χ4v) is 5.30. The Kier molecular flexibility index (Phi) is 6.21. The molecular formula is C28H31N7O2. The number of fused-ring (bicyclic) bond motifs is 1. The molecule has 0 spiro atoms. The zero-order chi connectivity index (χ0) is 25.4. The molecule has 9 nitrogen and oxygen atoms in total. The molecular weight excluding hydrogens is 466 g/mol. The number of carbonyl (C=O) groups excluding carboxylic acids is 1. The van der Waals surface area contributed by atoms with Gasteiger partial charge in [0.2, 0.25) is 0 Å². The molecule has 2 saturated heterocycles. The van der Waals surface area contributed by atoms with Crippen LogP contribution in [-0.2, 0) is 4.74 Å². The summed E-state index contributed by atoms with van der Waals surface area (Å²) < 4.78 is 5.81. The number of aromatic nitrogens is 4. The minimum Gasteiger partial charge on any atom is -0.372 e. The number of ether oxygens (including phenoxy) is 1. The maximum Gasteiger partial charge on any atom is 0.276 e. The van der Waals surface area contributed by atoms with E-state index < -0.39 is 0 Å². The molecule has 37 heavy (non-hydrogen) atoms. The van der Waals surface area contributed by atoms with Crippen molar-refractivity contribution in [1.82, 2.24) is 20.2 Å². The number of hydrogen-bond acceptors (Lipinski definition) is 7. The summed E-state index contributed by atoms with van der Waals surface area (Å²) in [6, 6.07) is 12.0. The van der Waals surface area contributed by atoms with E-state index in [1.165, 1.54) is 12.8 Å². The highest BCUT2D eigenvalue weighted by Crippen LogP contribution is 2.29. The molecule has 3 aromatic heterocycles. The van der Waals surface area contributed by atoms with E-state index in [-0.39, 0.29) is 18.1 Å². The summed E-state index contributed by atoms with van der Waals surface area (Å²) >= 11 is 0. The molecule has 0 radical (unpaired) electrons. The second-order valence-corrected chi connectivity index (χ2v) is 9.98. The number of rotatable bonds is 5. The lowest BCUT2D eigenvalue weighted by Gasteiger charge is -2.36. The molecule has 190 valence electrons. The average molecular weight is 498 g/mol. The van der Waals surface area contributed by atoms with Gasteiger partial charge in [0.1, 0.15) is 5.82 Å². The molecule has 9 heteroatoms. The molecule has 1 aromatic carbocycles. The molecule has 5 heterocycles. The summed E-state index contributed by atoms with van der Waals surface area (Å²) in [6.07, 6.45) is 8.21. The second-order valence-electron chi connectivity index (χ2n) is 9.98. The lowest BCUT2D eigenvalue weighted by Crippen LogP contribution is -2.45. The van der Waals surface area contributed by atoms with Crippen LogP contribution in [0.2, 0.25) is 0 Å². The number of hydrogen-bond donors (Lipinski definition) is 2. The van der Waals surface area contributed by atoms with E-state index in [0.717, 1.165) is 59.7 Å². The van der Waals surface area contributed by atoms with Crippen molar-refractivity contribution in [3.05, 3.63) is 60.7 Å². The maximum atomic E-state index is 13.2. The molecule has 6 rings (SSSR count). The van der Waals surface area contributed by atoms with Gasteiger partial charge in [-0.15, -0.1) is 0 Å². The summed E-state index contributed by atoms with van der Waals surface area (Å²) in [7, 11) is 0. The van der Waals surface area contributed by atoms with E-state index in [1.807, 2.05) is 42.7 Å². The first-order chi connectivity index (χ1) is 18.0. The Hall–Kier alpha value is -3.98. The van der Waals surface area contributed by atoms with Gasteiger partial charge in [-0.05, 0) is 62.6 Å². The summed E-state index contributed by atoms with van der Waals surface area (Å²) in [5.41, 5.74) is 4.93. The van der Waals surface area contributed by atoms with Crippen LogP contribution in [0.3, 0.4) is 0 Å². The monoisotopic (exact) mass is 497 g/mol. The van der Waals surface area contributed by atoms with Gasteiger partial charge in [0.25, 0.3) is 5.91 Å². The fraction of sp³-hybridized carbons (Fsp3) is 0.357. The molecule has 1 amide bonds. The van der Waals surface area contributed by atoms with Crippen molar-refractivity contribution in [2.45, 2.75) is 38.9 Å². The number of morpholine rings is 1. The van der Waals surface area contributed by atoms with E-state index in [9.17, 15) is 4.79 Å². The molecule has 2 aliphatic heterocycles. The maximum absolute atomic E-state index is 13.2. The van der Waals surface area contributed by atoms with E-state index in [0.29, 0.717) is 11.4 Å². The minimum atomic E-state index is -0.282. The predicted molar refractivity (Wildman–Crippen MR) is 145 cm³/mol. The Balaban J connectivity index is 1.21. The summed E-state index contributed by atoms with van der Waals surface area (Å²) in [5.74, 6) is 0.593. The van der Waals surface area contributed by atoms with Gasteiger partial charge in [0.15, 0.2) is 5.69 Å². The molecule has 2 unspecified atom stereocenters. The summed E-state index contributed by atoms with van der Waals surface area (Å²) in [5, 5.41) is 11.0. The van der Waals surface area contributed by atoms with E-state index in [4.69, 9.17) is 4.74 Å². The predicted octanol–water partition coefficient (Wildman–Crippen LogP) is 4.49. The zero-order valence-electron chi connectivity index (χ0n) is 21.1. The van der Waals surface area contributed by atoms with Crippen LogP contribution < -0.4 is 15.1 Å². The van der Waals surface area contributed by atoms with Crippen molar-refractivity contribution < 1.29 is 9.53 Å². The Labute approximate surface area is 215 Å². The Morgan fingerprint density at radius 1 is 0.973 bits per heavy atom. The van der Waals surface area contributed by atoms with Crippen molar-refractivity contribution in [3.8, 4) is 11.1 Å². The van der Waals surface area contributed by atoms with Crippen LogP contribution in [0, 0.1) is 0 Å². The van der Waals surface area contributed by atoms with Crippen LogP contribution >= 0.6 is 0 Å². The number of aromatic amines is 1. The standard InChI is InChI=1S/C28H31N7O2/c1-18-16-35(17-19(2)37-18)26-8-6-22(14-30-26)31-28(36)27-24-12-20(5-7-25(24)32-33-27)21-11-23(15-29-13-21)34-9-3-4-10-34/h5-8,11-15,18-19H,3-4,9-10,16-17H2,1-2H3,(H,31,36)(H,32,33). The zero-order valence-corrected chi connectivity index (χ0v) is 21.1. The number of pyridine rings is 2. The lowest BCUT2D eigenvalue weighted by molar-refractivity contribution is -0.00545. The van der Waals surface area contributed by atoms with Crippen LogP contribution in [0.15, 0.2) is 55.0 Å². The van der Waals surface area contributed by atoms with E-state index in [2.05, 4.69) is 55.2 Å². The van der Waals surface area contributed by atoms with Crippen LogP contribution in [0.25, 0.3) is 22.0 Å². The molecule has 0 bridgehead atoms. The molecule has 0 saturated carbocycles. The second kappa shape index (κ2) is 9.82. The third kappa shape index (κ3) is 4.86. The quantitative estimate of drug-likeness (QED) is 0.419. The van der Waals surface area contributed by atoms with Crippen LogP contribution in [-0.4, -0.2) is 64.5 Å². The van der Waals surface area contributed by atoms with Gasteiger partial charge in [0.05, 0.1) is 41.5 Å². The van der Waals surface area contributed by atoms with Gasteiger partial charge in [0, 0.05) is 43.3 Å². The van der Waals surface area contributed by atoms with Crippen molar-refractivity contribution in [1.29, 1.82) is 0 Å². The number of carbonyl (C=O) groups is 1. The SMILES string of the molecule is CC1CN(c2ccc(NC(=O)c3n[nH]c4ccc(-c5cncc(N6CCCC6)c5)cc34)cn2)CC(C)O1. The van der Waals surface area contributed by atoms with Gasteiger partial charge in [-0.25, -0.2) is 4.98 Å². The highest BCUT2D eigenvalue weighted by atomic mass is 16.5. The number of benzene rings is 1. The van der Waals surface area contributed by atoms with Crippen molar-refractivity contribution in [2.75, 3.05) is 41.3 Å². The minimum absolute atomic E-state index is 0.154. The molecule has 0 aliphatic carbocycles. The van der Waals surface area contributed by atoms with Gasteiger partial charge in [-0.1, -0.05) is 6.07 Å². The molecule has 2 aliphatic rings. The molecule has 2 fully saturated rings. The van der Waals surface area contributed by atoms with Gasteiger partial charge in [-0.3, -0.25) is 14.9 Å². The van der Waals surface area contributed by atoms with E-state index in [1.54, 1.807) is 6.20 Å². The van der Waals surface area contributed by atoms with Crippen molar-refractivity contribution >= 4 is 34.0 Å². The van der Waals surface area contributed by atoms with Crippen LogP contribution in [0.5, 0.6) is 0 Å². The Morgan fingerprint density at radius 3 is 2.54 bits per heavy atom.